The van der Waals surface area contributed by atoms with Gasteiger partial charge in [-0.2, -0.15) is 35.9 Å². The van der Waals surface area contributed by atoms with E-state index >= 15 is 0 Å². The summed E-state index contributed by atoms with van der Waals surface area (Å²) < 4.78 is 76.8. The molecule has 6 heteroatoms. The standard InChI is InChI=1S/C29H26OSi.C10H8N3.Ir/c1-19-13-14-21(18-27(19)23-16-15-22(17-20(23)2)31(3,4)5)24-10-8-11-26-25-9-6-7-12-28(25)30-29(24)26;1-8-12-6-9(7-13-8)10-4-2-3-5-11-10;/h6-9,11-13,15-18H,1-5H3;2-6H,1H3;/q-2;-1;+3/i1D3,2D3;1D3;. The largest absolute Gasteiger partial charge is 3.00 e. The van der Waals surface area contributed by atoms with Crippen molar-refractivity contribution in [3.8, 4) is 33.5 Å². The molecule has 3 heterocycles. The molecule has 0 spiro atoms. The van der Waals surface area contributed by atoms with Crippen LogP contribution in [0.3, 0.4) is 0 Å². The van der Waals surface area contributed by atoms with Gasteiger partial charge in [0.2, 0.25) is 0 Å². The van der Waals surface area contributed by atoms with E-state index in [9.17, 15) is 0 Å². The molecular weight excluding hydrogens is 747 g/mol. The summed E-state index contributed by atoms with van der Waals surface area (Å²) in [4.78, 5) is 11.6. The van der Waals surface area contributed by atoms with Crippen molar-refractivity contribution in [3.05, 3.63) is 133 Å². The van der Waals surface area contributed by atoms with Gasteiger partial charge in [-0.05, 0) is 48.9 Å². The first-order valence-electron chi connectivity index (χ1n) is 18.5. The average Bonchev–Trinajstić information content (AvgIpc) is 3.49. The molecule has 0 bridgehead atoms. The van der Waals surface area contributed by atoms with Crippen molar-refractivity contribution in [2.24, 2.45) is 0 Å². The van der Waals surface area contributed by atoms with E-state index < -0.39 is 28.6 Å². The van der Waals surface area contributed by atoms with Gasteiger partial charge in [0.25, 0.3) is 0 Å². The summed E-state index contributed by atoms with van der Waals surface area (Å²) in [6.45, 7) is -0.709. The molecule has 0 saturated carbocycles. The quantitative estimate of drug-likeness (QED) is 0.132. The molecule has 0 N–H and O–H groups in total. The van der Waals surface area contributed by atoms with E-state index in [4.69, 9.17) is 16.8 Å². The van der Waals surface area contributed by atoms with Crippen LogP contribution in [0.4, 0.5) is 0 Å². The van der Waals surface area contributed by atoms with Crippen LogP contribution in [0.5, 0.6) is 0 Å². The third-order valence-corrected chi connectivity index (χ3v) is 9.32. The van der Waals surface area contributed by atoms with Crippen molar-refractivity contribution in [2.75, 3.05) is 0 Å². The summed E-state index contributed by atoms with van der Waals surface area (Å²) >= 11 is 0. The number of fused-ring (bicyclic) bond motifs is 3. The van der Waals surface area contributed by atoms with Crippen molar-refractivity contribution in [2.45, 2.75) is 40.2 Å². The normalized spacial score (nSPS) is 15.0. The Morgan fingerprint density at radius 2 is 1.62 bits per heavy atom. The molecular formula is C39H34IrN3OSi. The van der Waals surface area contributed by atoms with Crippen LogP contribution < -0.4 is 5.19 Å². The summed E-state index contributed by atoms with van der Waals surface area (Å²) in [5.41, 5.74) is 4.78. The Kier molecular flexibility index (Phi) is 6.65. The number of pyridine rings is 1. The number of rotatable bonds is 4. The Morgan fingerprint density at radius 3 is 2.36 bits per heavy atom. The first-order chi connectivity index (χ1) is 24.8. The molecule has 7 rings (SSSR count). The van der Waals surface area contributed by atoms with Crippen LogP contribution in [-0.2, 0) is 20.1 Å². The summed E-state index contributed by atoms with van der Waals surface area (Å²) in [5, 5.41) is 2.89. The van der Waals surface area contributed by atoms with E-state index in [0.29, 0.717) is 39.1 Å². The smallest absolute Gasteiger partial charge is 0.510 e. The maximum absolute atomic E-state index is 8.26. The Morgan fingerprint density at radius 1 is 0.778 bits per heavy atom. The molecule has 0 saturated heterocycles. The van der Waals surface area contributed by atoms with E-state index in [-0.39, 0.29) is 37.1 Å². The molecule has 0 radical (unpaired) electrons. The Hall–Kier alpha value is -4.22. The molecule has 4 aromatic carbocycles. The third kappa shape index (κ3) is 6.89. The molecule has 224 valence electrons. The summed E-state index contributed by atoms with van der Waals surface area (Å²) in [6, 6.07) is 31.8. The van der Waals surface area contributed by atoms with E-state index in [1.165, 1.54) is 12.3 Å². The van der Waals surface area contributed by atoms with Crippen LogP contribution in [0.15, 0.2) is 102 Å². The molecule has 0 fully saturated rings. The summed E-state index contributed by atoms with van der Waals surface area (Å²) in [7, 11) is -1.81. The second-order valence-electron chi connectivity index (χ2n) is 11.3. The summed E-state index contributed by atoms with van der Waals surface area (Å²) in [5.74, 6) is -0.202. The van der Waals surface area contributed by atoms with Crippen LogP contribution in [-0.4, -0.2) is 23.0 Å². The Labute approximate surface area is 292 Å². The van der Waals surface area contributed by atoms with Gasteiger partial charge in [0.1, 0.15) is 5.58 Å². The van der Waals surface area contributed by atoms with Crippen LogP contribution >= 0.6 is 0 Å². The predicted octanol–water partition coefficient (Wildman–Crippen LogP) is 9.33. The van der Waals surface area contributed by atoms with Gasteiger partial charge in [0, 0.05) is 35.3 Å². The first kappa shape index (κ1) is 22.3. The number of nitrogens with zero attached hydrogens (tertiary/aromatic N) is 3. The summed E-state index contributed by atoms with van der Waals surface area (Å²) in [6.07, 6.45) is 5.68. The maximum Gasteiger partial charge on any atom is 3.00 e. The number of furan rings is 1. The molecule has 4 nitrogen and oxygen atoms in total. The van der Waals surface area contributed by atoms with Crippen molar-refractivity contribution in [1.82, 2.24) is 15.0 Å². The number of hydrogen-bond donors (Lipinski definition) is 0. The number of aromatic nitrogens is 3. The zero-order chi connectivity index (χ0) is 38.3. The van der Waals surface area contributed by atoms with Gasteiger partial charge in [-0.15, -0.1) is 17.2 Å². The van der Waals surface area contributed by atoms with Gasteiger partial charge in [0.15, 0.2) is 0 Å². The average molecular weight is 790 g/mol. The van der Waals surface area contributed by atoms with Gasteiger partial charge in [0.05, 0.1) is 8.07 Å². The van der Waals surface area contributed by atoms with Crippen LogP contribution in [0, 0.1) is 38.9 Å². The van der Waals surface area contributed by atoms with Gasteiger partial charge in [-0.3, -0.25) is 0 Å². The third-order valence-electron chi connectivity index (χ3n) is 7.27. The predicted molar refractivity (Wildman–Crippen MR) is 184 cm³/mol. The minimum absolute atomic E-state index is 0. The molecule has 0 atom stereocenters. The Bertz CT molecular complexity index is 2400. The topological polar surface area (TPSA) is 51.8 Å². The first-order valence-corrected chi connectivity index (χ1v) is 17.5. The van der Waals surface area contributed by atoms with Crippen molar-refractivity contribution in [1.29, 1.82) is 0 Å². The van der Waals surface area contributed by atoms with Crippen LogP contribution in [0.1, 0.15) is 29.3 Å². The number of aryl methyl sites for hydroxylation is 3. The molecule has 0 aliphatic heterocycles. The Balaban J connectivity index is 0.000000276. The van der Waals surface area contributed by atoms with Crippen molar-refractivity contribution in [3.63, 3.8) is 0 Å². The van der Waals surface area contributed by atoms with Gasteiger partial charge in [-0.1, -0.05) is 97.4 Å². The second-order valence-corrected chi connectivity index (χ2v) is 16.4. The molecule has 45 heavy (non-hydrogen) atoms. The zero-order valence-corrected chi connectivity index (χ0v) is 28.2. The fraction of sp³-hybridized carbons (Fsp3) is 0.154. The minimum Gasteiger partial charge on any atom is -0.510 e. The van der Waals surface area contributed by atoms with Gasteiger partial charge in [-0.25, -0.2) is 5.56 Å². The SMILES string of the molecule is [2H]C([2H])([2H])c1c[c-]c(-c2[c-]ccc3c2oc2ccccc23)cc1-c1ccc([Si](C)(C)C)cc1C([2H])([2H])[2H].[2H]C([2H])([2H])c1n[c-]c(-c2ccccn2)cn1.[Ir+3]. The molecule has 0 aliphatic carbocycles. The van der Waals surface area contributed by atoms with E-state index in [0.717, 1.165) is 21.5 Å². The number of benzene rings is 4. The van der Waals surface area contributed by atoms with Crippen molar-refractivity contribution < 1.29 is 36.9 Å². The fourth-order valence-corrected chi connectivity index (χ4v) is 6.10. The molecule has 7 aromatic rings. The minimum atomic E-state index is -2.46. The monoisotopic (exact) mass is 790 g/mol. The van der Waals surface area contributed by atoms with Gasteiger partial charge < -0.3 is 19.4 Å². The second kappa shape index (κ2) is 13.4. The zero-order valence-electron chi connectivity index (χ0n) is 33.8. The van der Waals surface area contributed by atoms with Crippen molar-refractivity contribution >= 4 is 35.2 Å². The van der Waals surface area contributed by atoms with Crippen LogP contribution in [0.2, 0.25) is 19.6 Å². The van der Waals surface area contributed by atoms with Crippen LogP contribution in [0.25, 0.3) is 55.4 Å². The van der Waals surface area contributed by atoms with Gasteiger partial charge >= 0.3 is 20.1 Å². The van der Waals surface area contributed by atoms with E-state index in [1.54, 1.807) is 42.6 Å². The molecule has 0 amide bonds. The van der Waals surface area contributed by atoms with E-state index in [2.05, 4.69) is 52.9 Å². The number of para-hydroxylation sites is 1. The maximum atomic E-state index is 8.26. The van der Waals surface area contributed by atoms with E-state index in [1.807, 2.05) is 42.5 Å². The number of hydrogen-bond acceptors (Lipinski definition) is 4. The molecule has 0 aliphatic rings. The molecule has 0 unspecified atom stereocenters. The fourth-order valence-electron chi connectivity index (χ4n) is 4.94. The molecule has 3 aromatic heterocycles.